The lowest BCUT2D eigenvalue weighted by atomic mass is 9.87. The number of para-hydroxylation sites is 1. The summed E-state index contributed by atoms with van der Waals surface area (Å²) in [5, 5.41) is 13.4. The first-order valence-electron chi connectivity index (χ1n) is 12.3. The lowest BCUT2D eigenvalue weighted by Gasteiger charge is -2.41. The summed E-state index contributed by atoms with van der Waals surface area (Å²) in [6.45, 7) is 5.81. The van der Waals surface area contributed by atoms with E-state index in [1.807, 2.05) is 31.7 Å². The molecule has 2 aromatic carbocycles. The molecular formula is C27H27F3N6O. The Bertz CT molecular complexity index is 1470. The molecule has 0 saturated heterocycles. The summed E-state index contributed by atoms with van der Waals surface area (Å²) in [4.78, 5) is 17.4. The van der Waals surface area contributed by atoms with Gasteiger partial charge in [-0.1, -0.05) is 26.0 Å². The maximum absolute atomic E-state index is 14.1. The van der Waals surface area contributed by atoms with Crippen LogP contribution in [-0.2, 0) is 13.5 Å². The van der Waals surface area contributed by atoms with E-state index in [4.69, 9.17) is 5.10 Å². The van der Waals surface area contributed by atoms with Crippen LogP contribution in [0.2, 0.25) is 0 Å². The number of aromatic nitrogens is 5. The first-order valence-corrected chi connectivity index (χ1v) is 12.3. The van der Waals surface area contributed by atoms with Crippen molar-refractivity contribution in [3.63, 3.8) is 0 Å². The summed E-state index contributed by atoms with van der Waals surface area (Å²) in [7, 11) is 1.69. The van der Waals surface area contributed by atoms with Crippen molar-refractivity contribution in [2.45, 2.75) is 52.1 Å². The predicted molar refractivity (Wildman–Crippen MR) is 132 cm³/mol. The van der Waals surface area contributed by atoms with Crippen molar-refractivity contribution in [2.75, 3.05) is 0 Å². The van der Waals surface area contributed by atoms with E-state index in [1.54, 1.807) is 36.1 Å². The smallest absolute Gasteiger partial charge is 0.256 e. The largest absolute Gasteiger partial charge is 0.327 e. The average Bonchev–Trinajstić information content (AvgIpc) is 3.47. The van der Waals surface area contributed by atoms with Gasteiger partial charge in [-0.05, 0) is 50.5 Å². The van der Waals surface area contributed by atoms with Crippen molar-refractivity contribution in [1.82, 2.24) is 29.7 Å². The molecule has 1 aliphatic heterocycles. The van der Waals surface area contributed by atoms with E-state index >= 15 is 0 Å². The van der Waals surface area contributed by atoms with Crippen LogP contribution in [0.5, 0.6) is 0 Å². The van der Waals surface area contributed by atoms with Gasteiger partial charge in [0.25, 0.3) is 5.91 Å². The van der Waals surface area contributed by atoms with E-state index in [2.05, 4.69) is 10.2 Å². The molecule has 4 aromatic rings. The van der Waals surface area contributed by atoms with Crippen molar-refractivity contribution in [2.24, 2.45) is 7.05 Å². The number of hydrogen-bond donors (Lipinski definition) is 0. The van der Waals surface area contributed by atoms with Gasteiger partial charge in [0.05, 0.1) is 40.6 Å². The fourth-order valence-corrected chi connectivity index (χ4v) is 5.29. The second-order valence-electron chi connectivity index (χ2n) is 9.29. The van der Waals surface area contributed by atoms with Gasteiger partial charge >= 0.3 is 0 Å². The fourth-order valence-electron chi connectivity index (χ4n) is 5.29. The van der Waals surface area contributed by atoms with E-state index in [9.17, 15) is 18.0 Å². The zero-order chi connectivity index (χ0) is 26.4. The molecular weight excluding hydrogens is 481 g/mol. The summed E-state index contributed by atoms with van der Waals surface area (Å²) in [5.74, 6) is -4.18. The van der Waals surface area contributed by atoms with Crippen LogP contribution in [0.1, 0.15) is 60.0 Å². The number of nitrogens with zero attached hydrogens (tertiary/aromatic N) is 6. The third-order valence-electron chi connectivity index (χ3n) is 6.97. The third kappa shape index (κ3) is 4.10. The fraction of sp³-hybridized carbons (Fsp3) is 0.333. The van der Waals surface area contributed by atoms with Crippen LogP contribution >= 0.6 is 0 Å². The van der Waals surface area contributed by atoms with Crippen LogP contribution < -0.4 is 0 Å². The Morgan fingerprint density at radius 2 is 1.76 bits per heavy atom. The Morgan fingerprint density at radius 3 is 2.38 bits per heavy atom. The Hall–Kier alpha value is -3.95. The number of amides is 1. The van der Waals surface area contributed by atoms with E-state index in [0.29, 0.717) is 41.9 Å². The minimum absolute atomic E-state index is 0.166. The van der Waals surface area contributed by atoms with Crippen LogP contribution in [0.3, 0.4) is 0 Å². The Labute approximate surface area is 212 Å². The first-order chi connectivity index (χ1) is 17.7. The number of carbonyl (C=O) groups excluding carboxylic acids is 1. The maximum atomic E-state index is 14.1. The molecule has 1 aliphatic rings. The van der Waals surface area contributed by atoms with Crippen molar-refractivity contribution in [1.29, 1.82) is 0 Å². The normalized spacial score (nSPS) is 17.2. The Kier molecular flexibility index (Phi) is 6.35. The quantitative estimate of drug-likeness (QED) is 0.342. The third-order valence-corrected chi connectivity index (χ3v) is 6.97. The lowest BCUT2D eigenvalue weighted by Crippen LogP contribution is -2.47. The van der Waals surface area contributed by atoms with Crippen molar-refractivity contribution >= 4 is 5.91 Å². The minimum atomic E-state index is -1.50. The predicted octanol–water partition coefficient (Wildman–Crippen LogP) is 5.32. The molecule has 0 N–H and O–H groups in total. The molecule has 7 nitrogen and oxygen atoms in total. The van der Waals surface area contributed by atoms with Gasteiger partial charge in [-0.3, -0.25) is 9.48 Å². The number of fused-ring (bicyclic) bond motifs is 1. The number of benzene rings is 2. The molecule has 1 amide bonds. The molecule has 0 fully saturated rings. The summed E-state index contributed by atoms with van der Waals surface area (Å²) >= 11 is 0. The highest BCUT2D eigenvalue weighted by atomic mass is 19.2. The van der Waals surface area contributed by atoms with Gasteiger partial charge < -0.3 is 4.90 Å². The molecule has 37 heavy (non-hydrogen) atoms. The van der Waals surface area contributed by atoms with Gasteiger partial charge in [-0.2, -0.15) is 20.1 Å². The zero-order valence-corrected chi connectivity index (χ0v) is 21.0. The molecule has 2 atom stereocenters. The van der Waals surface area contributed by atoms with Gasteiger partial charge in [0.1, 0.15) is 0 Å². The van der Waals surface area contributed by atoms with Gasteiger partial charge in [-0.25, -0.2) is 13.2 Å². The molecule has 10 heteroatoms. The highest BCUT2D eigenvalue weighted by Crippen LogP contribution is 2.41. The lowest BCUT2D eigenvalue weighted by molar-refractivity contribution is 0.0512. The van der Waals surface area contributed by atoms with Crippen LogP contribution in [0, 0.1) is 24.4 Å². The molecule has 0 bridgehead atoms. The molecule has 0 radical (unpaired) electrons. The van der Waals surface area contributed by atoms with Gasteiger partial charge in [0.15, 0.2) is 17.5 Å². The number of rotatable bonds is 5. The highest BCUT2D eigenvalue weighted by molar-refractivity contribution is 5.98. The molecule has 2 aromatic heterocycles. The molecule has 0 spiro atoms. The van der Waals surface area contributed by atoms with Crippen LogP contribution in [0.25, 0.3) is 16.9 Å². The van der Waals surface area contributed by atoms with Gasteiger partial charge in [0, 0.05) is 24.2 Å². The van der Waals surface area contributed by atoms with E-state index in [1.165, 1.54) is 4.80 Å². The topological polar surface area (TPSA) is 68.8 Å². The van der Waals surface area contributed by atoms with Crippen LogP contribution in [-0.4, -0.2) is 41.6 Å². The van der Waals surface area contributed by atoms with Crippen molar-refractivity contribution < 1.29 is 18.0 Å². The van der Waals surface area contributed by atoms with Crippen molar-refractivity contribution in [3.05, 3.63) is 82.6 Å². The molecule has 0 saturated carbocycles. The van der Waals surface area contributed by atoms with Gasteiger partial charge in [-0.15, -0.1) is 0 Å². The summed E-state index contributed by atoms with van der Waals surface area (Å²) in [6.07, 6.45) is 3.32. The SMILES string of the molecule is CCC1Cc2c(nn(C)c2-c2cc(F)c(F)c(F)c2)C(CC)N1C(=O)c1ccccc1-n1ncc(C)n1. The van der Waals surface area contributed by atoms with Crippen LogP contribution in [0.4, 0.5) is 13.2 Å². The first kappa shape index (κ1) is 24.7. The second-order valence-corrected chi connectivity index (χ2v) is 9.29. The Balaban J connectivity index is 1.61. The summed E-state index contributed by atoms with van der Waals surface area (Å²) in [6, 6.07) is 8.63. The molecule has 192 valence electrons. The monoisotopic (exact) mass is 508 g/mol. The standard InChI is InChI=1S/C27H27F3N6O/c1-5-17-13-19-25(33-34(4)26(19)16-11-20(28)24(30)21(29)12-16)22(6-2)35(17)27(37)18-9-7-8-10-23(18)36-31-14-15(3)32-36/h7-12,14,17,22H,5-6,13H2,1-4H3. The minimum Gasteiger partial charge on any atom is -0.327 e. The van der Waals surface area contributed by atoms with Gasteiger partial charge in [0.2, 0.25) is 0 Å². The average molecular weight is 509 g/mol. The molecule has 0 aliphatic carbocycles. The van der Waals surface area contributed by atoms with E-state index in [-0.39, 0.29) is 23.6 Å². The number of carbonyl (C=O) groups is 1. The second kappa shape index (κ2) is 9.49. The summed E-state index contributed by atoms with van der Waals surface area (Å²) in [5.41, 5.74) is 4.00. The molecule has 3 heterocycles. The summed E-state index contributed by atoms with van der Waals surface area (Å²) < 4.78 is 43.4. The number of aryl methyl sites for hydroxylation is 2. The Morgan fingerprint density at radius 1 is 1.05 bits per heavy atom. The maximum Gasteiger partial charge on any atom is 0.256 e. The van der Waals surface area contributed by atoms with Crippen LogP contribution in [0.15, 0.2) is 42.6 Å². The molecule has 5 rings (SSSR count). The highest BCUT2D eigenvalue weighted by Gasteiger charge is 2.40. The molecule has 2 unspecified atom stereocenters. The zero-order valence-electron chi connectivity index (χ0n) is 21.0. The van der Waals surface area contributed by atoms with Crippen molar-refractivity contribution in [3.8, 4) is 16.9 Å². The van der Waals surface area contributed by atoms with E-state index < -0.39 is 17.5 Å². The van der Waals surface area contributed by atoms with E-state index in [0.717, 1.165) is 23.4 Å². The number of hydrogen-bond acceptors (Lipinski definition) is 4. The number of halogens is 3.